The molecule has 0 aliphatic carbocycles. The lowest BCUT2D eigenvalue weighted by atomic mass is 9.83. The van der Waals surface area contributed by atoms with E-state index in [0.29, 0.717) is 18.4 Å². The highest BCUT2D eigenvalue weighted by molar-refractivity contribution is 6.30. The molecule has 0 spiro atoms. The number of hydrogen-bond donors (Lipinski definition) is 1. The van der Waals surface area contributed by atoms with Crippen LogP contribution in [0.15, 0.2) is 18.2 Å². The third-order valence-electron chi connectivity index (χ3n) is 2.81. The molecular weight excluding hydrogens is 253 g/mol. The van der Waals surface area contributed by atoms with E-state index in [1.165, 1.54) is 12.1 Å². The molecule has 4 heteroatoms. The second-order valence-corrected chi connectivity index (χ2v) is 5.65. The van der Waals surface area contributed by atoms with E-state index in [0.717, 1.165) is 0 Å². The van der Waals surface area contributed by atoms with Gasteiger partial charge in [-0.15, -0.1) is 0 Å². The zero-order valence-corrected chi connectivity index (χ0v) is 11.7. The molecule has 0 fully saturated rings. The van der Waals surface area contributed by atoms with Gasteiger partial charge in [0.05, 0.1) is 5.02 Å². The van der Waals surface area contributed by atoms with Gasteiger partial charge in [-0.05, 0) is 38.0 Å². The summed E-state index contributed by atoms with van der Waals surface area (Å²) in [7, 11) is 0. The van der Waals surface area contributed by atoms with E-state index in [1.54, 1.807) is 13.0 Å². The fourth-order valence-electron chi connectivity index (χ4n) is 1.92. The molecule has 0 saturated carbocycles. The molecule has 0 aliphatic rings. The number of benzene rings is 1. The molecule has 0 amide bonds. The predicted molar refractivity (Wildman–Crippen MR) is 72.3 cm³/mol. The summed E-state index contributed by atoms with van der Waals surface area (Å²) in [5.74, 6) is -0.810. The predicted octanol–water partition coefficient (Wildman–Crippen LogP) is 3.67. The average Bonchev–Trinajstić information content (AvgIpc) is 2.27. The van der Waals surface area contributed by atoms with Crippen molar-refractivity contribution in [3.8, 4) is 0 Å². The van der Waals surface area contributed by atoms with Crippen LogP contribution in [0.2, 0.25) is 5.02 Å². The van der Waals surface area contributed by atoms with E-state index in [2.05, 4.69) is 0 Å². The molecule has 0 radical (unpaired) electrons. The van der Waals surface area contributed by atoms with Gasteiger partial charge >= 0.3 is 0 Å². The molecule has 0 aliphatic heterocycles. The molecule has 100 valence electrons. The second-order valence-electron chi connectivity index (χ2n) is 5.24. The van der Waals surface area contributed by atoms with Gasteiger partial charge in [0.15, 0.2) is 0 Å². The number of nitrogens with two attached hydrogens (primary N) is 1. The molecular formula is C14H19ClFNO. The van der Waals surface area contributed by atoms with E-state index >= 15 is 0 Å². The first-order valence-corrected chi connectivity index (χ1v) is 6.39. The number of halogens is 2. The van der Waals surface area contributed by atoms with Gasteiger partial charge in [0.2, 0.25) is 0 Å². The van der Waals surface area contributed by atoms with Crippen LogP contribution in [0.4, 0.5) is 4.39 Å². The summed E-state index contributed by atoms with van der Waals surface area (Å²) in [5.41, 5.74) is 6.12. The summed E-state index contributed by atoms with van der Waals surface area (Å²) in [5, 5.41) is 0.0634. The van der Waals surface area contributed by atoms with Crippen LogP contribution in [-0.4, -0.2) is 11.3 Å². The molecule has 0 aromatic heterocycles. The Hall–Kier alpha value is -0.930. The zero-order chi connectivity index (χ0) is 13.9. The first-order chi connectivity index (χ1) is 8.24. The Balaban J connectivity index is 3.09. The highest BCUT2D eigenvalue weighted by atomic mass is 35.5. The Morgan fingerprint density at radius 2 is 2.11 bits per heavy atom. The summed E-state index contributed by atoms with van der Waals surface area (Å²) >= 11 is 5.65. The number of rotatable bonds is 5. The summed E-state index contributed by atoms with van der Waals surface area (Å²) < 4.78 is 13.5. The van der Waals surface area contributed by atoms with Gasteiger partial charge in [-0.3, -0.25) is 4.79 Å². The summed E-state index contributed by atoms with van der Waals surface area (Å²) in [4.78, 5) is 12.0. The summed E-state index contributed by atoms with van der Waals surface area (Å²) in [6.45, 7) is 5.51. The Kier molecular flexibility index (Phi) is 4.88. The van der Waals surface area contributed by atoms with Crippen LogP contribution in [-0.2, 0) is 4.79 Å². The Morgan fingerprint density at radius 3 is 2.56 bits per heavy atom. The normalized spacial score (nSPS) is 13.4. The van der Waals surface area contributed by atoms with Crippen molar-refractivity contribution in [3.05, 3.63) is 34.6 Å². The van der Waals surface area contributed by atoms with Gasteiger partial charge < -0.3 is 5.73 Å². The summed E-state index contributed by atoms with van der Waals surface area (Å²) in [6, 6.07) is 4.49. The van der Waals surface area contributed by atoms with Crippen LogP contribution in [0.5, 0.6) is 0 Å². The molecule has 0 heterocycles. The Bertz CT molecular complexity index is 440. The average molecular weight is 272 g/mol. The monoisotopic (exact) mass is 271 g/mol. The Morgan fingerprint density at radius 1 is 1.50 bits per heavy atom. The number of carbonyl (C=O) groups excluding carboxylic acids is 1. The SMILES string of the molecule is CCC(=O)C(CC(C)(C)N)c1ccc(Cl)c(F)c1. The van der Waals surface area contributed by atoms with E-state index in [4.69, 9.17) is 17.3 Å². The van der Waals surface area contributed by atoms with Crippen LogP contribution < -0.4 is 5.73 Å². The van der Waals surface area contributed by atoms with Crippen molar-refractivity contribution in [2.45, 2.75) is 45.1 Å². The minimum Gasteiger partial charge on any atom is -0.326 e. The molecule has 1 rings (SSSR count). The highest BCUT2D eigenvalue weighted by Gasteiger charge is 2.26. The van der Waals surface area contributed by atoms with E-state index in [9.17, 15) is 9.18 Å². The molecule has 0 bridgehead atoms. The van der Waals surface area contributed by atoms with Gasteiger partial charge in [0.25, 0.3) is 0 Å². The van der Waals surface area contributed by atoms with Crippen molar-refractivity contribution in [2.24, 2.45) is 5.73 Å². The quantitative estimate of drug-likeness (QED) is 0.888. The van der Waals surface area contributed by atoms with Crippen LogP contribution in [0.3, 0.4) is 0 Å². The van der Waals surface area contributed by atoms with Gasteiger partial charge in [0, 0.05) is 17.9 Å². The molecule has 1 aromatic rings. The minimum atomic E-state index is -0.502. The third-order valence-corrected chi connectivity index (χ3v) is 3.12. The fraction of sp³-hybridized carbons (Fsp3) is 0.500. The molecule has 18 heavy (non-hydrogen) atoms. The minimum absolute atomic E-state index is 0.0634. The van der Waals surface area contributed by atoms with Crippen LogP contribution in [0.1, 0.15) is 45.1 Å². The maximum absolute atomic E-state index is 13.5. The van der Waals surface area contributed by atoms with E-state index < -0.39 is 11.4 Å². The van der Waals surface area contributed by atoms with Crippen molar-refractivity contribution in [3.63, 3.8) is 0 Å². The molecule has 1 atom stereocenters. The van der Waals surface area contributed by atoms with Gasteiger partial charge in [-0.2, -0.15) is 0 Å². The van der Waals surface area contributed by atoms with Crippen LogP contribution >= 0.6 is 11.6 Å². The van der Waals surface area contributed by atoms with E-state index in [-0.39, 0.29) is 16.7 Å². The number of carbonyl (C=O) groups is 1. The Labute approximate surface area is 112 Å². The van der Waals surface area contributed by atoms with Gasteiger partial charge in [-0.1, -0.05) is 24.6 Å². The lowest BCUT2D eigenvalue weighted by Gasteiger charge is -2.25. The van der Waals surface area contributed by atoms with Crippen molar-refractivity contribution < 1.29 is 9.18 Å². The largest absolute Gasteiger partial charge is 0.326 e. The first-order valence-electron chi connectivity index (χ1n) is 6.01. The van der Waals surface area contributed by atoms with Crippen molar-refractivity contribution in [1.82, 2.24) is 0 Å². The highest BCUT2D eigenvalue weighted by Crippen LogP contribution is 2.29. The maximum atomic E-state index is 13.5. The van der Waals surface area contributed by atoms with Crippen molar-refractivity contribution in [2.75, 3.05) is 0 Å². The van der Waals surface area contributed by atoms with Crippen molar-refractivity contribution in [1.29, 1.82) is 0 Å². The second kappa shape index (κ2) is 5.81. The first kappa shape index (κ1) is 15.1. The number of ketones is 1. The van der Waals surface area contributed by atoms with Crippen molar-refractivity contribution >= 4 is 17.4 Å². The molecule has 1 unspecified atom stereocenters. The smallest absolute Gasteiger partial charge is 0.142 e. The zero-order valence-electron chi connectivity index (χ0n) is 11.0. The molecule has 1 aromatic carbocycles. The van der Waals surface area contributed by atoms with Gasteiger partial charge in [-0.25, -0.2) is 4.39 Å². The lowest BCUT2D eigenvalue weighted by molar-refractivity contribution is -0.120. The molecule has 2 nitrogen and oxygen atoms in total. The fourth-order valence-corrected chi connectivity index (χ4v) is 2.04. The lowest BCUT2D eigenvalue weighted by Crippen LogP contribution is -2.35. The summed E-state index contributed by atoms with van der Waals surface area (Å²) in [6.07, 6.45) is 0.895. The third kappa shape index (κ3) is 4.07. The maximum Gasteiger partial charge on any atom is 0.142 e. The van der Waals surface area contributed by atoms with Gasteiger partial charge in [0.1, 0.15) is 11.6 Å². The molecule has 0 saturated heterocycles. The van der Waals surface area contributed by atoms with Crippen LogP contribution in [0.25, 0.3) is 0 Å². The number of hydrogen-bond acceptors (Lipinski definition) is 2. The molecule has 2 N–H and O–H groups in total. The standard InChI is InChI=1S/C14H19ClFNO/c1-4-13(18)10(8-14(2,3)17)9-5-6-11(15)12(16)7-9/h5-7,10H,4,8,17H2,1-3H3. The number of Topliss-reactive ketones (excluding diaryl/α,β-unsaturated/α-hetero) is 1. The van der Waals surface area contributed by atoms with Crippen LogP contribution in [0, 0.1) is 5.82 Å². The topological polar surface area (TPSA) is 43.1 Å². The van der Waals surface area contributed by atoms with E-state index in [1.807, 2.05) is 13.8 Å².